The number of amides is 1. The number of piperidine rings is 1. The fraction of sp³-hybridized carbons (Fsp3) is 0.429. The Bertz CT molecular complexity index is 1170. The van der Waals surface area contributed by atoms with E-state index in [1.54, 1.807) is 23.4 Å². The number of nitrogens with one attached hydrogen (secondary N) is 1. The number of likely N-dealkylation sites (tertiary alicyclic amines) is 1. The van der Waals surface area contributed by atoms with Gasteiger partial charge >= 0.3 is 6.18 Å². The van der Waals surface area contributed by atoms with Crippen molar-refractivity contribution in [3.63, 3.8) is 0 Å². The van der Waals surface area contributed by atoms with Crippen LogP contribution in [-0.2, 0) is 10.0 Å². The summed E-state index contributed by atoms with van der Waals surface area (Å²) in [5, 5.41) is 8.00. The molecule has 4 heterocycles. The van der Waals surface area contributed by atoms with Crippen LogP contribution in [0.5, 0.6) is 0 Å². The van der Waals surface area contributed by atoms with Crippen LogP contribution < -0.4 is 5.32 Å². The first-order chi connectivity index (χ1) is 16.0. The van der Waals surface area contributed by atoms with Crippen molar-refractivity contribution in [3.8, 4) is 11.3 Å². The molecule has 1 N–H and O–H groups in total. The molecule has 0 aliphatic carbocycles. The van der Waals surface area contributed by atoms with Crippen LogP contribution in [0.4, 0.5) is 19.0 Å². The number of carbonyl (C=O) groups excluding carboxylic acids is 1. The van der Waals surface area contributed by atoms with Gasteiger partial charge in [0.25, 0.3) is 0 Å². The molecule has 1 aliphatic rings. The molecule has 1 saturated heterocycles. The van der Waals surface area contributed by atoms with E-state index in [9.17, 15) is 18.0 Å². The summed E-state index contributed by atoms with van der Waals surface area (Å²) in [6, 6.07) is 5.59. The molecule has 0 atom stereocenters. The molecule has 34 heavy (non-hydrogen) atoms. The number of nitrogens with zero attached hydrogens (tertiary/aromatic N) is 5. The average Bonchev–Trinajstić information content (AvgIpc) is 3.28. The number of carbonyl (C=O) groups is 1. The van der Waals surface area contributed by atoms with E-state index in [1.807, 2.05) is 23.0 Å². The highest BCUT2D eigenvalue weighted by atomic mass is 19.4. The Hall–Kier alpha value is -2.82. The van der Waals surface area contributed by atoms with Crippen LogP contribution in [0.2, 0.25) is 0 Å². The first-order valence-corrected chi connectivity index (χ1v) is 11.4. The minimum Gasteiger partial charge on any atom is -0.310 e. The maximum Gasteiger partial charge on any atom is 0.390 e. The number of alkyl halides is 3. The summed E-state index contributed by atoms with van der Waals surface area (Å²) >= 11 is 0. The van der Waals surface area contributed by atoms with E-state index in [1.165, 1.54) is 0 Å². The summed E-state index contributed by atoms with van der Waals surface area (Å²) in [5.74, 6) is -0.000804. The number of rotatable bonds is 6. The zero-order valence-corrected chi connectivity index (χ0v) is 19.6. The number of fused-ring (bicyclic) bond motifs is 1. The maximum atomic E-state index is 12.7. The van der Waals surface area contributed by atoms with Crippen LogP contribution in [0.15, 0.2) is 36.8 Å². The largest absolute Gasteiger partial charge is 0.390 e. The van der Waals surface area contributed by atoms with Gasteiger partial charge < -0.3 is 10.2 Å². The van der Waals surface area contributed by atoms with Crippen LogP contribution in [0, 0.1) is 5.92 Å². The molecule has 1 aliphatic heterocycles. The molecule has 1 amide bonds. The van der Waals surface area contributed by atoms with Crippen molar-refractivity contribution in [2.24, 2.45) is 5.92 Å². The van der Waals surface area contributed by atoms with Gasteiger partial charge in [-0.15, -0.1) is 0 Å². The third-order valence-electron chi connectivity index (χ3n) is 6.06. The first kappa shape index (κ1) is 24.3. The maximum absolute atomic E-state index is 12.7. The molecular weight excluding hydrogens is 442 g/mol. The van der Waals surface area contributed by atoms with E-state index >= 15 is 0 Å². The van der Waals surface area contributed by atoms with Crippen LogP contribution >= 0.6 is 0 Å². The number of hydrogen-bond donors (Lipinski definition) is 1. The third kappa shape index (κ3) is 6.00. The van der Waals surface area contributed by atoms with Gasteiger partial charge in [-0.25, -0.2) is 9.97 Å². The minimum atomic E-state index is -4.16. The van der Waals surface area contributed by atoms with Gasteiger partial charge in [0.15, 0.2) is 0 Å². The molecule has 0 spiro atoms. The first-order valence-electron chi connectivity index (χ1n) is 11.4. The van der Waals surface area contributed by atoms with Gasteiger partial charge in [-0.05, 0) is 43.3 Å². The van der Waals surface area contributed by atoms with E-state index in [0.717, 1.165) is 16.6 Å². The van der Waals surface area contributed by atoms with E-state index in [0.29, 0.717) is 37.3 Å². The summed E-state index contributed by atoms with van der Waals surface area (Å²) in [7, 11) is 6.22. The van der Waals surface area contributed by atoms with E-state index in [-0.39, 0.29) is 23.6 Å². The Morgan fingerprint density at radius 1 is 1.15 bits per heavy atom. The Kier molecular flexibility index (Phi) is 6.75. The van der Waals surface area contributed by atoms with Gasteiger partial charge in [0.1, 0.15) is 29.4 Å². The van der Waals surface area contributed by atoms with Gasteiger partial charge in [-0.3, -0.25) is 9.48 Å². The minimum absolute atomic E-state index is 0.0211. The van der Waals surface area contributed by atoms with Crippen molar-refractivity contribution >= 4 is 46.2 Å². The lowest BCUT2D eigenvalue weighted by Crippen LogP contribution is -2.39. The second-order valence-corrected chi connectivity index (χ2v) is 9.77. The Labute approximate surface area is 198 Å². The van der Waals surface area contributed by atoms with Crippen molar-refractivity contribution in [2.75, 3.05) is 25.0 Å². The highest BCUT2D eigenvalue weighted by Crippen LogP contribution is 2.25. The third-order valence-corrected chi connectivity index (χ3v) is 6.06. The fourth-order valence-electron chi connectivity index (χ4n) is 4.00. The number of aromatic nitrogens is 4. The molecule has 7 nitrogen and oxygen atoms in total. The molecule has 3 aromatic rings. The molecule has 1 fully saturated rings. The molecule has 13 heteroatoms. The fourth-order valence-corrected chi connectivity index (χ4v) is 4.00. The highest BCUT2D eigenvalue weighted by Gasteiger charge is 2.30. The van der Waals surface area contributed by atoms with Crippen LogP contribution in [0.25, 0.3) is 22.2 Å². The molecule has 0 bridgehead atoms. The SMILES string of the molecule is BC(B)(B)n1cc(-c2ccc3cnc(NC(=O)C4CCN(CCC(F)(F)F)CC4)cc3n2)cn1. The normalized spacial score (nSPS) is 16.1. The Morgan fingerprint density at radius 2 is 1.88 bits per heavy atom. The number of hydrogen-bond acceptors (Lipinski definition) is 5. The standard InChI is InChI=1S/C21H26B3F3N6O/c22-21(23,24)33-12-15(11-29-33)16-2-1-14-10-28-18(9-17(14)30-16)31-19(34)13-3-6-32(7-4-13)8-5-20(25,26)27/h1-2,9-13H,3-8,22-24H2,(H,28,31,34). The zero-order valence-electron chi connectivity index (χ0n) is 19.6. The van der Waals surface area contributed by atoms with Gasteiger partial charge in [0.2, 0.25) is 5.91 Å². The average molecular weight is 468 g/mol. The highest BCUT2D eigenvalue weighted by molar-refractivity contribution is 6.56. The second kappa shape index (κ2) is 9.44. The summed E-state index contributed by atoms with van der Waals surface area (Å²) in [4.78, 5) is 23.6. The van der Waals surface area contributed by atoms with E-state index in [4.69, 9.17) is 4.98 Å². The zero-order chi connectivity index (χ0) is 24.5. The van der Waals surface area contributed by atoms with Crippen molar-refractivity contribution in [3.05, 3.63) is 36.8 Å². The number of pyridine rings is 2. The lowest BCUT2D eigenvalue weighted by Gasteiger charge is -2.31. The lowest BCUT2D eigenvalue weighted by atomic mass is 9.49. The summed E-state index contributed by atoms with van der Waals surface area (Å²) in [6.07, 6.45) is 1.48. The molecule has 0 radical (unpaired) electrons. The lowest BCUT2D eigenvalue weighted by molar-refractivity contribution is -0.139. The number of anilines is 1. The van der Waals surface area contributed by atoms with Gasteiger partial charge in [0, 0.05) is 41.9 Å². The Balaban J connectivity index is 1.41. The topological polar surface area (TPSA) is 75.9 Å². The van der Waals surface area contributed by atoms with Gasteiger partial charge in [-0.2, -0.15) is 18.3 Å². The molecule has 176 valence electrons. The molecule has 0 saturated carbocycles. The molecule has 0 unspecified atom stereocenters. The number of halogens is 3. The van der Waals surface area contributed by atoms with Crippen LogP contribution in [0.3, 0.4) is 0 Å². The quantitative estimate of drug-likeness (QED) is 0.536. The van der Waals surface area contributed by atoms with Crippen LogP contribution in [0.1, 0.15) is 19.3 Å². The molecule has 3 aromatic heterocycles. The van der Waals surface area contributed by atoms with Crippen molar-refractivity contribution < 1.29 is 18.0 Å². The van der Waals surface area contributed by atoms with Crippen molar-refractivity contribution in [1.82, 2.24) is 24.6 Å². The van der Waals surface area contributed by atoms with E-state index < -0.39 is 12.6 Å². The summed E-state index contributed by atoms with van der Waals surface area (Å²) in [6.45, 7) is 0.936. The van der Waals surface area contributed by atoms with Crippen molar-refractivity contribution in [2.45, 2.75) is 30.7 Å². The van der Waals surface area contributed by atoms with Crippen molar-refractivity contribution in [1.29, 1.82) is 0 Å². The predicted molar refractivity (Wildman–Crippen MR) is 133 cm³/mol. The van der Waals surface area contributed by atoms with Gasteiger partial charge in [0.05, 0.1) is 23.8 Å². The summed E-state index contributed by atoms with van der Waals surface area (Å²) < 4.78 is 39.2. The van der Waals surface area contributed by atoms with Gasteiger partial charge in [-0.1, -0.05) is 0 Å². The van der Waals surface area contributed by atoms with Crippen LogP contribution in [-0.4, -0.2) is 79.9 Å². The summed E-state index contributed by atoms with van der Waals surface area (Å²) in [5.41, 5.74) is 2.38. The monoisotopic (exact) mass is 468 g/mol. The molecule has 4 rings (SSSR count). The second-order valence-electron chi connectivity index (χ2n) is 9.77. The molecule has 0 aromatic carbocycles. The predicted octanol–water partition coefficient (Wildman–Crippen LogP) is 0.563. The smallest absolute Gasteiger partial charge is 0.310 e. The Morgan fingerprint density at radius 3 is 2.53 bits per heavy atom. The van der Waals surface area contributed by atoms with E-state index in [2.05, 4.69) is 38.9 Å². The molecular formula is C21H26B3F3N6O.